The first-order valence-electron chi connectivity index (χ1n) is 6.48. The molecule has 1 aromatic carbocycles. The maximum atomic E-state index is 6.16. The van der Waals surface area contributed by atoms with Crippen LogP contribution >= 0.6 is 11.3 Å². The van der Waals surface area contributed by atoms with Gasteiger partial charge in [0.25, 0.3) is 0 Å². The van der Waals surface area contributed by atoms with Crippen LogP contribution in [-0.4, -0.2) is 4.98 Å². The molecule has 1 heterocycles. The van der Waals surface area contributed by atoms with Crippen molar-refractivity contribution >= 4 is 11.3 Å². The molecule has 3 heteroatoms. The van der Waals surface area contributed by atoms with Crippen LogP contribution in [0.4, 0.5) is 0 Å². The van der Waals surface area contributed by atoms with Crippen LogP contribution in [0.15, 0.2) is 18.2 Å². The molecule has 0 spiro atoms. The number of rotatable bonds is 1. The number of hydrogen-bond donors (Lipinski definition) is 1. The normalized spacial score (nSPS) is 18.7. The fraction of sp³-hybridized carbons (Fsp3) is 0.400. The van der Waals surface area contributed by atoms with Gasteiger partial charge in [-0.1, -0.05) is 18.2 Å². The van der Waals surface area contributed by atoms with Crippen molar-refractivity contribution in [2.75, 3.05) is 0 Å². The Bertz CT molecular complexity index is 566. The first-order chi connectivity index (χ1) is 8.66. The molecule has 1 aromatic heterocycles. The van der Waals surface area contributed by atoms with Gasteiger partial charge in [-0.15, -0.1) is 11.3 Å². The molecule has 0 radical (unpaired) electrons. The summed E-state index contributed by atoms with van der Waals surface area (Å²) in [6.45, 7) is 4.31. The standard InChI is InChI=1S/C15H18N2S/c1-9-5-3-6-10(2)13(9)15-17-14-11(16)7-4-8-12(14)18-15/h3,5-6,11H,4,7-8,16H2,1-2H3. The third kappa shape index (κ3) is 1.88. The third-order valence-electron chi connectivity index (χ3n) is 3.69. The van der Waals surface area contributed by atoms with Gasteiger partial charge in [0.1, 0.15) is 5.01 Å². The Morgan fingerprint density at radius 1 is 1.28 bits per heavy atom. The lowest BCUT2D eigenvalue weighted by atomic mass is 9.98. The van der Waals surface area contributed by atoms with Gasteiger partial charge < -0.3 is 5.73 Å². The Balaban J connectivity index is 2.13. The molecule has 1 atom stereocenters. The molecule has 0 amide bonds. The van der Waals surface area contributed by atoms with Crippen LogP contribution < -0.4 is 5.73 Å². The lowest BCUT2D eigenvalue weighted by Gasteiger charge is -2.15. The molecule has 2 nitrogen and oxygen atoms in total. The fourth-order valence-corrected chi connectivity index (χ4v) is 4.06. The highest BCUT2D eigenvalue weighted by Crippen LogP contribution is 2.38. The summed E-state index contributed by atoms with van der Waals surface area (Å²) in [5.41, 5.74) is 11.2. The van der Waals surface area contributed by atoms with Gasteiger partial charge in [-0.2, -0.15) is 0 Å². The zero-order chi connectivity index (χ0) is 12.7. The van der Waals surface area contributed by atoms with Gasteiger partial charge in [0.2, 0.25) is 0 Å². The van der Waals surface area contributed by atoms with Crippen LogP contribution in [0.3, 0.4) is 0 Å². The second-order valence-electron chi connectivity index (χ2n) is 5.09. The van der Waals surface area contributed by atoms with Crippen molar-refractivity contribution in [3.63, 3.8) is 0 Å². The van der Waals surface area contributed by atoms with E-state index in [0.717, 1.165) is 23.5 Å². The van der Waals surface area contributed by atoms with Gasteiger partial charge >= 0.3 is 0 Å². The van der Waals surface area contributed by atoms with Crippen molar-refractivity contribution in [2.24, 2.45) is 5.73 Å². The van der Waals surface area contributed by atoms with Crippen molar-refractivity contribution in [3.05, 3.63) is 39.9 Å². The number of fused-ring (bicyclic) bond motifs is 1. The molecule has 2 aromatic rings. The molecular formula is C15H18N2S. The topological polar surface area (TPSA) is 38.9 Å². The van der Waals surface area contributed by atoms with Gasteiger partial charge in [-0.25, -0.2) is 4.98 Å². The highest BCUT2D eigenvalue weighted by Gasteiger charge is 2.23. The molecule has 2 N–H and O–H groups in total. The number of aromatic nitrogens is 1. The summed E-state index contributed by atoms with van der Waals surface area (Å²) in [7, 11) is 0. The van der Waals surface area contributed by atoms with Crippen molar-refractivity contribution in [1.82, 2.24) is 4.98 Å². The first-order valence-corrected chi connectivity index (χ1v) is 7.30. The van der Waals surface area contributed by atoms with Gasteiger partial charge in [0.05, 0.1) is 5.69 Å². The summed E-state index contributed by atoms with van der Waals surface area (Å²) in [6.07, 6.45) is 3.41. The van der Waals surface area contributed by atoms with E-state index in [1.807, 2.05) is 11.3 Å². The monoisotopic (exact) mass is 258 g/mol. The molecule has 18 heavy (non-hydrogen) atoms. The predicted molar refractivity (Wildman–Crippen MR) is 76.9 cm³/mol. The van der Waals surface area contributed by atoms with Gasteiger partial charge in [-0.05, 0) is 44.2 Å². The Morgan fingerprint density at radius 3 is 2.67 bits per heavy atom. The smallest absolute Gasteiger partial charge is 0.124 e. The van der Waals surface area contributed by atoms with Crippen LogP contribution in [0, 0.1) is 13.8 Å². The summed E-state index contributed by atoms with van der Waals surface area (Å²) >= 11 is 1.83. The van der Waals surface area contributed by atoms with Crippen LogP contribution in [0.5, 0.6) is 0 Å². The SMILES string of the molecule is Cc1cccc(C)c1-c1nc2c(s1)CCCC2N. The number of nitrogens with zero attached hydrogens (tertiary/aromatic N) is 1. The minimum Gasteiger partial charge on any atom is -0.323 e. The van der Waals surface area contributed by atoms with E-state index in [1.54, 1.807) is 0 Å². The summed E-state index contributed by atoms with van der Waals surface area (Å²) in [5.74, 6) is 0. The average Bonchev–Trinajstić information content (AvgIpc) is 2.74. The van der Waals surface area contributed by atoms with Crippen molar-refractivity contribution < 1.29 is 0 Å². The molecule has 0 fully saturated rings. The first kappa shape index (κ1) is 11.9. The molecule has 1 aliphatic rings. The summed E-state index contributed by atoms with van der Waals surface area (Å²) in [4.78, 5) is 6.21. The highest BCUT2D eigenvalue weighted by atomic mass is 32.1. The molecule has 0 aliphatic heterocycles. The average molecular weight is 258 g/mol. The minimum absolute atomic E-state index is 0.142. The van der Waals surface area contributed by atoms with Gasteiger partial charge in [0.15, 0.2) is 0 Å². The molecule has 1 unspecified atom stereocenters. The molecule has 1 aliphatic carbocycles. The van der Waals surface area contributed by atoms with Crippen LogP contribution in [0.1, 0.15) is 40.6 Å². The van der Waals surface area contributed by atoms with Gasteiger partial charge in [0, 0.05) is 16.5 Å². The lowest BCUT2D eigenvalue weighted by Crippen LogP contribution is -2.16. The van der Waals surface area contributed by atoms with Crippen LogP contribution in [-0.2, 0) is 6.42 Å². The maximum Gasteiger partial charge on any atom is 0.124 e. The van der Waals surface area contributed by atoms with E-state index >= 15 is 0 Å². The van der Waals surface area contributed by atoms with E-state index in [4.69, 9.17) is 10.7 Å². The summed E-state index contributed by atoms with van der Waals surface area (Å²) in [5, 5.41) is 1.15. The Hall–Kier alpha value is -1.19. The molecule has 0 saturated heterocycles. The number of aryl methyl sites for hydroxylation is 3. The zero-order valence-electron chi connectivity index (χ0n) is 10.9. The van der Waals surface area contributed by atoms with E-state index in [1.165, 1.54) is 28.0 Å². The van der Waals surface area contributed by atoms with E-state index < -0.39 is 0 Å². The number of hydrogen-bond acceptors (Lipinski definition) is 3. The molecule has 0 saturated carbocycles. The highest BCUT2D eigenvalue weighted by molar-refractivity contribution is 7.15. The Morgan fingerprint density at radius 2 is 2.00 bits per heavy atom. The van der Waals surface area contributed by atoms with Crippen molar-refractivity contribution in [2.45, 2.75) is 39.2 Å². The van der Waals surface area contributed by atoms with Crippen LogP contribution in [0.25, 0.3) is 10.6 Å². The summed E-state index contributed by atoms with van der Waals surface area (Å²) in [6, 6.07) is 6.56. The lowest BCUT2D eigenvalue weighted by molar-refractivity contribution is 0.564. The Kier molecular flexibility index (Phi) is 2.96. The number of benzene rings is 1. The zero-order valence-corrected chi connectivity index (χ0v) is 11.7. The van der Waals surface area contributed by atoms with E-state index in [0.29, 0.717) is 0 Å². The second kappa shape index (κ2) is 4.48. The van der Waals surface area contributed by atoms with Crippen molar-refractivity contribution in [1.29, 1.82) is 0 Å². The number of nitrogens with two attached hydrogens (primary N) is 1. The number of thiazole rings is 1. The molecule has 3 rings (SSSR count). The molecule has 94 valence electrons. The predicted octanol–water partition coefficient (Wildman–Crippen LogP) is 3.76. The maximum absolute atomic E-state index is 6.16. The second-order valence-corrected chi connectivity index (χ2v) is 6.18. The molecule has 0 bridgehead atoms. The van der Waals surface area contributed by atoms with Crippen LogP contribution in [0.2, 0.25) is 0 Å². The van der Waals surface area contributed by atoms with E-state index in [2.05, 4.69) is 32.0 Å². The van der Waals surface area contributed by atoms with E-state index in [-0.39, 0.29) is 6.04 Å². The van der Waals surface area contributed by atoms with Crippen molar-refractivity contribution in [3.8, 4) is 10.6 Å². The third-order valence-corrected chi connectivity index (χ3v) is 4.84. The molecular weight excluding hydrogens is 240 g/mol. The Labute approximate surface area is 112 Å². The minimum atomic E-state index is 0.142. The van der Waals surface area contributed by atoms with Gasteiger partial charge in [-0.3, -0.25) is 0 Å². The fourth-order valence-electron chi connectivity index (χ4n) is 2.71. The summed E-state index contributed by atoms with van der Waals surface area (Å²) < 4.78 is 0. The quantitative estimate of drug-likeness (QED) is 0.845. The van der Waals surface area contributed by atoms with E-state index in [9.17, 15) is 0 Å². The largest absolute Gasteiger partial charge is 0.323 e.